The summed E-state index contributed by atoms with van der Waals surface area (Å²) >= 11 is 1.22. The van der Waals surface area contributed by atoms with Crippen LogP contribution in [0.2, 0.25) is 0 Å². The lowest BCUT2D eigenvalue weighted by Gasteiger charge is -2.10. The van der Waals surface area contributed by atoms with Gasteiger partial charge in [0.2, 0.25) is 0 Å². The monoisotopic (exact) mass is 469 g/mol. The summed E-state index contributed by atoms with van der Waals surface area (Å²) in [7, 11) is 3.13. The molecule has 3 aromatic rings. The maximum absolute atomic E-state index is 12.2. The molecule has 0 aliphatic heterocycles. The normalized spacial score (nSPS) is 10.9. The highest BCUT2D eigenvalue weighted by atomic mass is 32.2. The van der Waals surface area contributed by atoms with Gasteiger partial charge in [-0.2, -0.15) is 5.10 Å². The standard InChI is InChI=1S/C22H23N5O5S/c1-4-27-20(14-9-10-17(31-2)18(11-14)32-3)25-26-22(27)33-13-19(28)24-23-12-15-7-5-6-8-16(15)21(29)30/h5-12H,4,13H2,1-3H3,(H,24,28)(H,29,30)/b23-12-. The second kappa shape index (κ2) is 11.1. The topological polar surface area (TPSA) is 128 Å². The number of hydrogen-bond acceptors (Lipinski definition) is 8. The van der Waals surface area contributed by atoms with Gasteiger partial charge in [-0.3, -0.25) is 4.79 Å². The van der Waals surface area contributed by atoms with Gasteiger partial charge in [-0.25, -0.2) is 10.2 Å². The van der Waals surface area contributed by atoms with Crippen LogP contribution in [0.4, 0.5) is 0 Å². The first-order valence-corrected chi connectivity index (χ1v) is 10.9. The number of thioether (sulfide) groups is 1. The summed E-state index contributed by atoms with van der Waals surface area (Å²) in [6.07, 6.45) is 1.30. The molecule has 11 heteroatoms. The number of benzene rings is 2. The Hall–Kier alpha value is -3.86. The Morgan fingerprint density at radius 3 is 2.61 bits per heavy atom. The van der Waals surface area contributed by atoms with E-state index >= 15 is 0 Å². The van der Waals surface area contributed by atoms with Crippen LogP contribution < -0.4 is 14.9 Å². The number of carboxylic acid groups (broad SMARTS) is 1. The van der Waals surface area contributed by atoms with Gasteiger partial charge in [0.25, 0.3) is 5.91 Å². The van der Waals surface area contributed by atoms with Gasteiger partial charge in [0.05, 0.1) is 31.8 Å². The highest BCUT2D eigenvalue weighted by Crippen LogP contribution is 2.32. The zero-order valence-corrected chi connectivity index (χ0v) is 19.1. The fourth-order valence-corrected chi connectivity index (χ4v) is 3.80. The average molecular weight is 470 g/mol. The third kappa shape index (κ3) is 5.69. The first-order chi connectivity index (χ1) is 16.0. The van der Waals surface area contributed by atoms with Crippen molar-refractivity contribution in [3.05, 3.63) is 53.6 Å². The lowest BCUT2D eigenvalue weighted by Crippen LogP contribution is -2.20. The van der Waals surface area contributed by atoms with E-state index in [0.717, 1.165) is 5.56 Å². The van der Waals surface area contributed by atoms with Gasteiger partial charge in [-0.05, 0) is 31.2 Å². The predicted molar refractivity (Wildman–Crippen MR) is 124 cm³/mol. The molecule has 0 saturated heterocycles. The van der Waals surface area contributed by atoms with Gasteiger partial charge in [0.1, 0.15) is 0 Å². The SMILES string of the molecule is CCn1c(SCC(=O)N/N=C\c2ccccc2C(=O)O)nnc1-c1ccc(OC)c(OC)c1. The number of aromatic nitrogens is 3. The van der Waals surface area contributed by atoms with E-state index in [4.69, 9.17) is 9.47 Å². The van der Waals surface area contributed by atoms with E-state index in [9.17, 15) is 14.7 Å². The highest BCUT2D eigenvalue weighted by molar-refractivity contribution is 7.99. The van der Waals surface area contributed by atoms with Crippen molar-refractivity contribution in [3.63, 3.8) is 0 Å². The molecule has 0 saturated carbocycles. The molecule has 1 aromatic heterocycles. The van der Waals surface area contributed by atoms with Gasteiger partial charge in [-0.15, -0.1) is 10.2 Å². The van der Waals surface area contributed by atoms with Gasteiger partial charge in [0.15, 0.2) is 22.5 Å². The zero-order valence-electron chi connectivity index (χ0n) is 18.3. The summed E-state index contributed by atoms with van der Waals surface area (Å²) in [5.74, 6) is 0.468. The molecule has 0 spiro atoms. The molecule has 0 aliphatic carbocycles. The Balaban J connectivity index is 1.66. The van der Waals surface area contributed by atoms with Crippen LogP contribution in [0, 0.1) is 0 Å². The van der Waals surface area contributed by atoms with Gasteiger partial charge < -0.3 is 19.1 Å². The number of amides is 1. The first kappa shape index (κ1) is 23.8. The third-order valence-corrected chi connectivity index (χ3v) is 5.56. The zero-order chi connectivity index (χ0) is 23.8. The molecular formula is C22H23N5O5S. The largest absolute Gasteiger partial charge is 0.493 e. The molecule has 1 amide bonds. The second-order valence-electron chi connectivity index (χ2n) is 6.59. The van der Waals surface area contributed by atoms with Crippen molar-refractivity contribution in [2.24, 2.45) is 5.10 Å². The lowest BCUT2D eigenvalue weighted by molar-refractivity contribution is -0.118. The smallest absolute Gasteiger partial charge is 0.336 e. The van der Waals surface area contributed by atoms with E-state index in [2.05, 4.69) is 20.7 Å². The molecule has 33 heavy (non-hydrogen) atoms. The summed E-state index contributed by atoms with van der Waals surface area (Å²) in [6.45, 7) is 2.56. The van der Waals surface area contributed by atoms with Crippen molar-refractivity contribution in [3.8, 4) is 22.9 Å². The molecular weight excluding hydrogens is 446 g/mol. The maximum atomic E-state index is 12.2. The van der Waals surface area contributed by atoms with Crippen molar-refractivity contribution in [2.75, 3.05) is 20.0 Å². The third-order valence-electron chi connectivity index (χ3n) is 4.59. The van der Waals surface area contributed by atoms with E-state index in [0.29, 0.717) is 34.6 Å². The fraction of sp³-hybridized carbons (Fsp3) is 0.227. The molecule has 10 nitrogen and oxygen atoms in total. The van der Waals surface area contributed by atoms with E-state index in [-0.39, 0.29) is 17.2 Å². The molecule has 0 unspecified atom stereocenters. The molecule has 1 heterocycles. The summed E-state index contributed by atoms with van der Waals surface area (Å²) in [5.41, 5.74) is 3.70. The number of carbonyl (C=O) groups excluding carboxylic acids is 1. The van der Waals surface area contributed by atoms with Crippen molar-refractivity contribution in [1.82, 2.24) is 20.2 Å². The number of hydrogen-bond donors (Lipinski definition) is 2. The Morgan fingerprint density at radius 1 is 1.15 bits per heavy atom. The molecule has 0 aliphatic rings. The van der Waals surface area contributed by atoms with Gasteiger partial charge in [0, 0.05) is 17.7 Å². The number of ether oxygens (including phenoxy) is 2. The van der Waals surface area contributed by atoms with Crippen LogP contribution >= 0.6 is 11.8 Å². The summed E-state index contributed by atoms with van der Waals surface area (Å²) < 4.78 is 12.5. The van der Waals surface area contributed by atoms with Crippen LogP contribution in [0.25, 0.3) is 11.4 Å². The maximum Gasteiger partial charge on any atom is 0.336 e. The summed E-state index contributed by atoms with van der Waals surface area (Å²) in [4.78, 5) is 23.4. The fourth-order valence-electron chi connectivity index (χ4n) is 3.01. The number of nitrogens with one attached hydrogen (secondary N) is 1. The van der Waals surface area contributed by atoms with Crippen molar-refractivity contribution in [1.29, 1.82) is 0 Å². The molecule has 0 atom stereocenters. The van der Waals surface area contributed by atoms with Gasteiger partial charge in [-0.1, -0.05) is 30.0 Å². The van der Waals surface area contributed by atoms with Crippen LogP contribution in [0.15, 0.2) is 52.7 Å². The van der Waals surface area contributed by atoms with E-state index in [1.165, 1.54) is 24.0 Å². The summed E-state index contributed by atoms with van der Waals surface area (Å²) in [5, 5.41) is 22.1. The van der Waals surface area contributed by atoms with Crippen LogP contribution in [-0.4, -0.2) is 57.9 Å². The Labute approximate surface area is 194 Å². The van der Waals surface area contributed by atoms with Crippen LogP contribution in [0.3, 0.4) is 0 Å². The molecule has 2 N–H and O–H groups in total. The van der Waals surface area contributed by atoms with Crippen molar-refractivity contribution < 1.29 is 24.2 Å². The van der Waals surface area contributed by atoms with Crippen LogP contribution in [0.1, 0.15) is 22.8 Å². The Bertz CT molecular complexity index is 1180. The van der Waals surface area contributed by atoms with Crippen molar-refractivity contribution >= 4 is 29.9 Å². The minimum absolute atomic E-state index is 0.0575. The van der Waals surface area contributed by atoms with Crippen molar-refractivity contribution in [2.45, 2.75) is 18.6 Å². The van der Waals surface area contributed by atoms with Crippen LogP contribution in [0.5, 0.6) is 11.5 Å². The molecule has 0 bridgehead atoms. The molecule has 3 rings (SSSR count). The number of carbonyl (C=O) groups is 2. The van der Waals surface area contributed by atoms with E-state index in [1.54, 1.807) is 38.5 Å². The number of methoxy groups -OCH3 is 2. The van der Waals surface area contributed by atoms with Crippen LogP contribution in [-0.2, 0) is 11.3 Å². The Morgan fingerprint density at radius 2 is 1.91 bits per heavy atom. The Kier molecular flexibility index (Phi) is 8.03. The number of nitrogens with zero attached hydrogens (tertiary/aromatic N) is 4. The second-order valence-corrected chi connectivity index (χ2v) is 7.54. The molecule has 2 aromatic carbocycles. The van der Waals surface area contributed by atoms with E-state index in [1.807, 2.05) is 23.6 Å². The highest BCUT2D eigenvalue weighted by Gasteiger charge is 2.16. The average Bonchev–Trinajstić information content (AvgIpc) is 3.25. The van der Waals surface area contributed by atoms with Gasteiger partial charge >= 0.3 is 5.97 Å². The molecule has 0 radical (unpaired) electrons. The number of aromatic carboxylic acids is 1. The number of hydrazone groups is 1. The number of rotatable bonds is 10. The minimum atomic E-state index is -1.07. The predicted octanol–water partition coefficient (Wildman–Crippen LogP) is 2.92. The lowest BCUT2D eigenvalue weighted by atomic mass is 10.1. The van der Waals surface area contributed by atoms with E-state index < -0.39 is 5.97 Å². The summed E-state index contributed by atoms with van der Waals surface area (Å²) in [6, 6.07) is 11.9. The molecule has 0 fully saturated rings. The minimum Gasteiger partial charge on any atom is -0.493 e. The number of carboxylic acids is 1. The molecule has 172 valence electrons. The quantitative estimate of drug-likeness (QED) is 0.264. The first-order valence-electron chi connectivity index (χ1n) is 9.91.